The summed E-state index contributed by atoms with van der Waals surface area (Å²) in [5.41, 5.74) is 3.17. The highest BCUT2D eigenvalue weighted by atomic mass is 32.2. The summed E-state index contributed by atoms with van der Waals surface area (Å²) in [6.45, 7) is 1.95. The molecule has 0 saturated carbocycles. The number of hydrogen-bond donors (Lipinski definition) is 1. The van der Waals surface area contributed by atoms with E-state index >= 15 is 0 Å². The Morgan fingerprint density at radius 1 is 1.06 bits per heavy atom. The fraction of sp³-hybridized carbons (Fsp3) is 0.154. The number of rotatable bonds is 5. The van der Waals surface area contributed by atoms with Gasteiger partial charge in [-0.05, 0) is 54.5 Å². The number of carbonyl (C=O) groups excluding carboxylic acids is 2. The highest BCUT2D eigenvalue weighted by molar-refractivity contribution is 8.04. The summed E-state index contributed by atoms with van der Waals surface area (Å²) >= 11 is 1.41. The number of amides is 2. The number of thioether (sulfide) groups is 1. The zero-order valence-electron chi connectivity index (χ0n) is 18.2. The average Bonchev–Trinajstić information content (AvgIpc) is 2.82. The largest absolute Gasteiger partial charge is 0.497 e. The first kappa shape index (κ1) is 21.7. The topological polar surface area (TPSA) is 58.6 Å². The van der Waals surface area contributed by atoms with Gasteiger partial charge in [-0.15, -0.1) is 0 Å². The van der Waals surface area contributed by atoms with Crippen LogP contribution >= 0.6 is 11.8 Å². The molecule has 1 aliphatic rings. The van der Waals surface area contributed by atoms with Crippen molar-refractivity contribution in [2.75, 3.05) is 19.1 Å². The summed E-state index contributed by atoms with van der Waals surface area (Å²) in [5.74, 6) is 0.454. The lowest BCUT2D eigenvalue weighted by Gasteiger charge is -2.27. The number of methoxy groups -OCH3 is 1. The van der Waals surface area contributed by atoms with E-state index < -0.39 is 0 Å². The van der Waals surface area contributed by atoms with E-state index in [1.54, 1.807) is 31.2 Å². The minimum atomic E-state index is -0.173. The first-order valence-electron chi connectivity index (χ1n) is 10.3. The standard InChI is InChI=1S/C26H24N2O3S/c1-17(19-9-5-4-6-10-19)27-25(29)20-12-13-23-22(16-20)28(2)26(30)24(32-23)15-18-8-7-11-21(14-18)31-3/h4-17H,1-3H3,(H,27,29)/b24-15-/t17-/m1/s1. The Morgan fingerprint density at radius 3 is 2.59 bits per heavy atom. The van der Waals surface area contributed by atoms with Gasteiger partial charge in [-0.2, -0.15) is 0 Å². The Kier molecular flexibility index (Phi) is 6.32. The van der Waals surface area contributed by atoms with Crippen molar-refractivity contribution in [1.29, 1.82) is 0 Å². The molecule has 32 heavy (non-hydrogen) atoms. The minimum Gasteiger partial charge on any atom is -0.497 e. The summed E-state index contributed by atoms with van der Waals surface area (Å²) in [4.78, 5) is 29.0. The number of benzene rings is 3. The molecule has 3 aromatic rings. The van der Waals surface area contributed by atoms with Crippen molar-refractivity contribution in [3.05, 3.63) is 94.4 Å². The molecule has 0 fully saturated rings. The van der Waals surface area contributed by atoms with Crippen LogP contribution in [-0.4, -0.2) is 26.0 Å². The maximum absolute atomic E-state index is 13.0. The van der Waals surface area contributed by atoms with Gasteiger partial charge in [-0.3, -0.25) is 9.59 Å². The van der Waals surface area contributed by atoms with E-state index in [1.165, 1.54) is 11.8 Å². The lowest BCUT2D eigenvalue weighted by atomic mass is 10.1. The average molecular weight is 445 g/mol. The van der Waals surface area contributed by atoms with E-state index in [-0.39, 0.29) is 17.9 Å². The predicted octanol–water partition coefficient (Wildman–Crippen LogP) is 5.30. The first-order valence-corrected chi connectivity index (χ1v) is 11.1. The number of anilines is 1. The molecule has 3 aromatic carbocycles. The molecule has 1 aliphatic heterocycles. The number of hydrogen-bond acceptors (Lipinski definition) is 4. The summed E-state index contributed by atoms with van der Waals surface area (Å²) in [7, 11) is 3.35. The quantitative estimate of drug-likeness (QED) is 0.543. The third-order valence-electron chi connectivity index (χ3n) is 5.36. The summed E-state index contributed by atoms with van der Waals surface area (Å²) in [6, 6.07) is 22.7. The fourth-order valence-electron chi connectivity index (χ4n) is 3.52. The third kappa shape index (κ3) is 4.55. The highest BCUT2D eigenvalue weighted by Gasteiger charge is 2.27. The predicted molar refractivity (Wildman–Crippen MR) is 129 cm³/mol. The maximum Gasteiger partial charge on any atom is 0.264 e. The molecular formula is C26H24N2O3S. The molecule has 1 N–H and O–H groups in total. The van der Waals surface area contributed by atoms with E-state index in [9.17, 15) is 9.59 Å². The SMILES string of the molecule is COc1cccc(/C=C2\Sc3ccc(C(=O)N[C@H](C)c4ccccc4)cc3N(C)C2=O)c1. The molecule has 2 amide bonds. The van der Waals surface area contributed by atoms with Gasteiger partial charge in [0.1, 0.15) is 5.75 Å². The van der Waals surface area contributed by atoms with Crippen LogP contribution in [0.4, 0.5) is 5.69 Å². The van der Waals surface area contributed by atoms with Crippen LogP contribution in [0, 0.1) is 0 Å². The molecule has 6 heteroatoms. The Labute approximate surface area is 192 Å². The zero-order chi connectivity index (χ0) is 22.7. The minimum absolute atomic E-state index is 0.111. The van der Waals surface area contributed by atoms with Gasteiger partial charge in [0.25, 0.3) is 11.8 Å². The van der Waals surface area contributed by atoms with Crippen LogP contribution in [-0.2, 0) is 4.79 Å². The van der Waals surface area contributed by atoms with Crippen molar-refractivity contribution < 1.29 is 14.3 Å². The molecule has 0 radical (unpaired) electrons. The highest BCUT2D eigenvalue weighted by Crippen LogP contribution is 2.42. The van der Waals surface area contributed by atoms with Gasteiger partial charge >= 0.3 is 0 Å². The molecule has 0 aromatic heterocycles. The van der Waals surface area contributed by atoms with Crippen molar-refractivity contribution in [2.45, 2.75) is 17.9 Å². The fourth-order valence-corrected chi connectivity index (χ4v) is 4.62. The number of likely N-dealkylation sites (N-methyl/N-ethyl adjacent to an activating group) is 1. The Balaban J connectivity index is 1.56. The van der Waals surface area contributed by atoms with E-state index in [2.05, 4.69) is 5.32 Å². The summed E-state index contributed by atoms with van der Waals surface area (Å²) < 4.78 is 5.27. The lowest BCUT2D eigenvalue weighted by molar-refractivity contribution is -0.114. The molecule has 1 heterocycles. The van der Waals surface area contributed by atoms with Crippen molar-refractivity contribution in [3.8, 4) is 5.75 Å². The van der Waals surface area contributed by atoms with Crippen LogP contribution in [0.3, 0.4) is 0 Å². The second kappa shape index (κ2) is 9.32. The van der Waals surface area contributed by atoms with Gasteiger partial charge in [0.15, 0.2) is 0 Å². The second-order valence-electron chi connectivity index (χ2n) is 7.54. The molecule has 5 nitrogen and oxygen atoms in total. The van der Waals surface area contributed by atoms with Gasteiger partial charge in [0, 0.05) is 17.5 Å². The van der Waals surface area contributed by atoms with Crippen LogP contribution in [0.5, 0.6) is 5.75 Å². The Hall–Kier alpha value is -3.51. The first-order chi connectivity index (χ1) is 15.5. The van der Waals surface area contributed by atoms with Crippen molar-refractivity contribution in [2.24, 2.45) is 0 Å². The number of fused-ring (bicyclic) bond motifs is 1. The van der Waals surface area contributed by atoms with Gasteiger partial charge in [-0.25, -0.2) is 0 Å². The molecule has 0 unspecified atom stereocenters. The van der Waals surface area contributed by atoms with E-state index in [0.29, 0.717) is 10.5 Å². The lowest BCUT2D eigenvalue weighted by Crippen LogP contribution is -2.31. The van der Waals surface area contributed by atoms with Crippen LogP contribution in [0.25, 0.3) is 6.08 Å². The van der Waals surface area contributed by atoms with Crippen LogP contribution in [0.15, 0.2) is 82.6 Å². The summed E-state index contributed by atoms with van der Waals surface area (Å²) in [5, 5.41) is 3.03. The number of nitrogens with one attached hydrogen (secondary N) is 1. The molecule has 4 rings (SSSR count). The maximum atomic E-state index is 13.0. The summed E-state index contributed by atoms with van der Waals surface area (Å²) in [6.07, 6.45) is 1.86. The van der Waals surface area contributed by atoms with Gasteiger partial charge in [0.2, 0.25) is 0 Å². The number of carbonyl (C=O) groups is 2. The number of ether oxygens (including phenoxy) is 1. The molecule has 0 saturated heterocycles. The van der Waals surface area contributed by atoms with E-state index in [4.69, 9.17) is 4.74 Å². The van der Waals surface area contributed by atoms with Gasteiger partial charge < -0.3 is 15.0 Å². The molecule has 1 atom stereocenters. The van der Waals surface area contributed by atoms with Crippen LogP contribution in [0.2, 0.25) is 0 Å². The monoisotopic (exact) mass is 444 g/mol. The van der Waals surface area contributed by atoms with Crippen LogP contribution < -0.4 is 15.0 Å². The van der Waals surface area contributed by atoms with E-state index in [0.717, 1.165) is 27.5 Å². The van der Waals surface area contributed by atoms with Crippen molar-refractivity contribution >= 4 is 35.3 Å². The van der Waals surface area contributed by atoms with Gasteiger partial charge in [0.05, 0.1) is 23.7 Å². The smallest absolute Gasteiger partial charge is 0.264 e. The molecular weight excluding hydrogens is 420 g/mol. The molecule has 162 valence electrons. The second-order valence-corrected chi connectivity index (χ2v) is 8.62. The normalized spacial score (nSPS) is 15.3. The molecule has 0 bridgehead atoms. The van der Waals surface area contributed by atoms with Crippen molar-refractivity contribution in [1.82, 2.24) is 5.32 Å². The third-order valence-corrected chi connectivity index (χ3v) is 6.43. The number of nitrogens with zero attached hydrogens (tertiary/aromatic N) is 1. The molecule has 0 spiro atoms. The molecule has 0 aliphatic carbocycles. The van der Waals surface area contributed by atoms with Gasteiger partial charge in [-0.1, -0.05) is 54.2 Å². The zero-order valence-corrected chi connectivity index (χ0v) is 19.0. The van der Waals surface area contributed by atoms with Crippen molar-refractivity contribution in [3.63, 3.8) is 0 Å². The van der Waals surface area contributed by atoms with Crippen LogP contribution in [0.1, 0.15) is 34.5 Å². The Morgan fingerprint density at radius 2 is 1.84 bits per heavy atom. The Bertz CT molecular complexity index is 1190. The van der Waals surface area contributed by atoms with E-state index in [1.807, 2.05) is 73.7 Å².